The predicted molar refractivity (Wildman–Crippen MR) is 103 cm³/mol. The molecule has 0 atom stereocenters. The Labute approximate surface area is 158 Å². The number of hydrogen-bond acceptors (Lipinski definition) is 4. The quantitative estimate of drug-likeness (QED) is 0.633. The van der Waals surface area contributed by atoms with E-state index in [9.17, 15) is 4.79 Å². The largest absolute Gasteiger partial charge is 0.494 e. The molecule has 0 fully saturated rings. The Morgan fingerprint density at radius 3 is 2.41 bits per heavy atom. The van der Waals surface area contributed by atoms with E-state index in [2.05, 4.69) is 22.5 Å². The van der Waals surface area contributed by atoms with Crippen LogP contribution in [0.1, 0.15) is 18.1 Å². The standard InChI is InChI=1S/C21H23N3O3/c1-2-26-19-8-10-20(11-9-19)27-16-21(25)22-12-18-13-23-24(15-18)14-17-6-4-3-5-7-17/h3-11,13,15H,2,12,14,16H2,1H3,(H,22,25). The Hall–Kier alpha value is -3.28. The second-order valence-corrected chi connectivity index (χ2v) is 6.00. The molecule has 0 aliphatic rings. The van der Waals surface area contributed by atoms with Crippen LogP contribution in [0, 0.1) is 0 Å². The van der Waals surface area contributed by atoms with E-state index in [1.165, 1.54) is 5.56 Å². The van der Waals surface area contributed by atoms with Crippen molar-refractivity contribution in [1.29, 1.82) is 0 Å². The molecule has 0 saturated heterocycles. The van der Waals surface area contributed by atoms with Gasteiger partial charge in [-0.1, -0.05) is 30.3 Å². The third-order valence-corrected chi connectivity index (χ3v) is 3.87. The molecule has 1 amide bonds. The summed E-state index contributed by atoms with van der Waals surface area (Å²) in [6.07, 6.45) is 3.69. The van der Waals surface area contributed by atoms with Crippen molar-refractivity contribution in [3.8, 4) is 11.5 Å². The van der Waals surface area contributed by atoms with Gasteiger partial charge in [0, 0.05) is 18.3 Å². The molecule has 27 heavy (non-hydrogen) atoms. The maximum atomic E-state index is 12.0. The number of rotatable bonds is 9. The number of benzene rings is 2. The van der Waals surface area contributed by atoms with E-state index in [0.717, 1.165) is 11.3 Å². The monoisotopic (exact) mass is 365 g/mol. The van der Waals surface area contributed by atoms with Crippen molar-refractivity contribution < 1.29 is 14.3 Å². The number of nitrogens with one attached hydrogen (secondary N) is 1. The SMILES string of the molecule is CCOc1ccc(OCC(=O)NCc2cnn(Cc3ccccc3)c2)cc1. The lowest BCUT2D eigenvalue weighted by Gasteiger charge is -2.08. The van der Waals surface area contributed by atoms with Gasteiger partial charge in [0.1, 0.15) is 11.5 Å². The van der Waals surface area contributed by atoms with Gasteiger partial charge < -0.3 is 14.8 Å². The van der Waals surface area contributed by atoms with Crippen LogP contribution in [0.3, 0.4) is 0 Å². The Morgan fingerprint density at radius 2 is 1.70 bits per heavy atom. The van der Waals surface area contributed by atoms with Crippen molar-refractivity contribution in [2.75, 3.05) is 13.2 Å². The fourth-order valence-electron chi connectivity index (χ4n) is 2.55. The number of carbonyl (C=O) groups is 1. The molecule has 2 aromatic carbocycles. The molecule has 0 radical (unpaired) electrons. The summed E-state index contributed by atoms with van der Waals surface area (Å²) in [6, 6.07) is 17.3. The summed E-state index contributed by atoms with van der Waals surface area (Å²) in [5.74, 6) is 1.23. The van der Waals surface area contributed by atoms with E-state index < -0.39 is 0 Å². The zero-order valence-electron chi connectivity index (χ0n) is 15.3. The van der Waals surface area contributed by atoms with Gasteiger partial charge in [-0.2, -0.15) is 5.10 Å². The van der Waals surface area contributed by atoms with Gasteiger partial charge in [0.25, 0.3) is 5.91 Å². The molecule has 6 heteroatoms. The van der Waals surface area contributed by atoms with Crippen LogP contribution >= 0.6 is 0 Å². The van der Waals surface area contributed by atoms with Crippen LogP contribution in [0.25, 0.3) is 0 Å². The van der Waals surface area contributed by atoms with Crippen molar-refractivity contribution in [2.45, 2.75) is 20.0 Å². The van der Waals surface area contributed by atoms with E-state index in [-0.39, 0.29) is 12.5 Å². The highest BCUT2D eigenvalue weighted by molar-refractivity contribution is 5.77. The van der Waals surface area contributed by atoms with Gasteiger partial charge >= 0.3 is 0 Å². The minimum atomic E-state index is -0.181. The molecule has 1 heterocycles. The van der Waals surface area contributed by atoms with Gasteiger partial charge in [-0.3, -0.25) is 9.48 Å². The highest BCUT2D eigenvalue weighted by atomic mass is 16.5. The molecule has 0 bridgehead atoms. The first-order valence-electron chi connectivity index (χ1n) is 8.90. The third-order valence-electron chi connectivity index (χ3n) is 3.87. The van der Waals surface area contributed by atoms with E-state index in [1.54, 1.807) is 18.3 Å². The smallest absolute Gasteiger partial charge is 0.258 e. The molecular formula is C21H23N3O3. The lowest BCUT2D eigenvalue weighted by Crippen LogP contribution is -2.28. The first kappa shape index (κ1) is 18.5. The van der Waals surface area contributed by atoms with Gasteiger partial charge in [0.05, 0.1) is 19.3 Å². The Morgan fingerprint density at radius 1 is 1.00 bits per heavy atom. The first-order valence-corrected chi connectivity index (χ1v) is 8.90. The van der Waals surface area contributed by atoms with Gasteiger partial charge in [-0.05, 0) is 36.8 Å². The van der Waals surface area contributed by atoms with Crippen LogP contribution in [0.5, 0.6) is 11.5 Å². The fourth-order valence-corrected chi connectivity index (χ4v) is 2.55. The number of aromatic nitrogens is 2. The average molecular weight is 365 g/mol. The number of amides is 1. The zero-order valence-corrected chi connectivity index (χ0v) is 15.3. The van der Waals surface area contributed by atoms with Gasteiger partial charge in [-0.25, -0.2) is 0 Å². The van der Waals surface area contributed by atoms with Crippen LogP contribution in [-0.4, -0.2) is 28.9 Å². The van der Waals surface area contributed by atoms with E-state index >= 15 is 0 Å². The fraction of sp³-hybridized carbons (Fsp3) is 0.238. The zero-order chi connectivity index (χ0) is 18.9. The van der Waals surface area contributed by atoms with Crippen LogP contribution in [0.2, 0.25) is 0 Å². The molecule has 3 aromatic rings. The number of nitrogens with zero attached hydrogens (tertiary/aromatic N) is 2. The Kier molecular flexibility index (Phi) is 6.46. The highest BCUT2D eigenvalue weighted by Crippen LogP contribution is 2.17. The first-order chi connectivity index (χ1) is 13.2. The topological polar surface area (TPSA) is 65.4 Å². The molecule has 1 aromatic heterocycles. The molecule has 0 spiro atoms. The molecule has 0 unspecified atom stereocenters. The van der Waals surface area contributed by atoms with Gasteiger partial charge in [0.15, 0.2) is 6.61 Å². The van der Waals surface area contributed by atoms with Crippen molar-refractivity contribution >= 4 is 5.91 Å². The second-order valence-electron chi connectivity index (χ2n) is 6.00. The van der Waals surface area contributed by atoms with Crippen LogP contribution in [0.4, 0.5) is 0 Å². The molecule has 6 nitrogen and oxygen atoms in total. The lowest BCUT2D eigenvalue weighted by molar-refractivity contribution is -0.123. The van der Waals surface area contributed by atoms with Crippen molar-refractivity contribution in [3.63, 3.8) is 0 Å². The summed E-state index contributed by atoms with van der Waals surface area (Å²) < 4.78 is 12.7. The maximum absolute atomic E-state index is 12.0. The summed E-state index contributed by atoms with van der Waals surface area (Å²) in [4.78, 5) is 12.0. The number of ether oxygens (including phenoxy) is 2. The molecular weight excluding hydrogens is 342 g/mol. The molecule has 3 rings (SSSR count). The van der Waals surface area contributed by atoms with Gasteiger partial charge in [-0.15, -0.1) is 0 Å². The minimum absolute atomic E-state index is 0.0356. The second kappa shape index (κ2) is 9.43. The third kappa shape index (κ3) is 5.88. The molecule has 1 N–H and O–H groups in total. The number of hydrogen-bond donors (Lipinski definition) is 1. The van der Waals surface area contributed by atoms with E-state index in [4.69, 9.17) is 9.47 Å². The summed E-state index contributed by atoms with van der Waals surface area (Å²) >= 11 is 0. The van der Waals surface area contributed by atoms with Crippen LogP contribution in [-0.2, 0) is 17.9 Å². The van der Waals surface area contributed by atoms with Crippen LogP contribution in [0.15, 0.2) is 67.0 Å². The van der Waals surface area contributed by atoms with Crippen LogP contribution < -0.4 is 14.8 Å². The van der Waals surface area contributed by atoms with E-state index in [0.29, 0.717) is 25.4 Å². The summed E-state index contributed by atoms with van der Waals surface area (Å²) in [5, 5.41) is 7.16. The number of carbonyl (C=O) groups excluding carboxylic acids is 1. The minimum Gasteiger partial charge on any atom is -0.494 e. The van der Waals surface area contributed by atoms with E-state index in [1.807, 2.05) is 48.1 Å². The summed E-state index contributed by atoms with van der Waals surface area (Å²) in [7, 11) is 0. The summed E-state index contributed by atoms with van der Waals surface area (Å²) in [6.45, 7) is 3.63. The lowest BCUT2D eigenvalue weighted by atomic mass is 10.2. The van der Waals surface area contributed by atoms with Crippen molar-refractivity contribution in [1.82, 2.24) is 15.1 Å². The molecule has 140 valence electrons. The average Bonchev–Trinajstić information content (AvgIpc) is 3.14. The van der Waals surface area contributed by atoms with Crippen molar-refractivity contribution in [3.05, 3.63) is 78.1 Å². The highest BCUT2D eigenvalue weighted by Gasteiger charge is 2.05. The Balaban J connectivity index is 1.41. The molecule has 0 aliphatic heterocycles. The Bertz CT molecular complexity index is 845. The molecule has 0 saturated carbocycles. The van der Waals surface area contributed by atoms with Gasteiger partial charge in [0.2, 0.25) is 0 Å². The molecule has 0 aliphatic carbocycles. The normalized spacial score (nSPS) is 10.4. The predicted octanol–water partition coefficient (Wildman–Crippen LogP) is 3.03. The van der Waals surface area contributed by atoms with Crippen molar-refractivity contribution in [2.24, 2.45) is 0 Å². The summed E-state index contributed by atoms with van der Waals surface area (Å²) in [5.41, 5.74) is 2.13. The maximum Gasteiger partial charge on any atom is 0.258 e.